The number of rotatable bonds is 5. The Morgan fingerprint density at radius 2 is 1.53 bits per heavy atom. The Kier molecular flexibility index (Phi) is 7.91. The van der Waals surface area contributed by atoms with Gasteiger partial charge in [0, 0.05) is 14.1 Å². The van der Waals surface area contributed by atoms with Crippen LogP contribution in [0.15, 0.2) is 65.7 Å². The minimum atomic E-state index is -0.940. The Morgan fingerprint density at radius 3 is 2.12 bits per heavy atom. The van der Waals surface area contributed by atoms with Crippen molar-refractivity contribution >= 4 is 33.8 Å². The van der Waals surface area contributed by atoms with Gasteiger partial charge in [0.05, 0.1) is 28.5 Å². The molecule has 0 saturated carbocycles. The number of aliphatic hydroxyl groups excluding tert-OH is 1. The normalized spacial score (nSPS) is 10.3. The number of aliphatic hydroxyl groups is 1. The fraction of sp³-hybridized carbons (Fsp3) is 0.208. The van der Waals surface area contributed by atoms with Crippen molar-refractivity contribution in [2.45, 2.75) is 20.4 Å². The second-order valence-electron chi connectivity index (χ2n) is 7.31. The summed E-state index contributed by atoms with van der Waals surface area (Å²) in [5.74, 6) is -2.10. The largest absolute Gasteiger partial charge is 0.505 e. The number of ketones is 1. The summed E-state index contributed by atoms with van der Waals surface area (Å²) in [6.45, 7) is 2.95. The van der Waals surface area contributed by atoms with Gasteiger partial charge in [0.15, 0.2) is 5.76 Å². The number of allylic oxidation sites excluding steroid dienone is 1. The van der Waals surface area contributed by atoms with Crippen LogP contribution in [0.25, 0.3) is 22.1 Å². The van der Waals surface area contributed by atoms with Crippen LogP contribution in [-0.4, -0.2) is 40.7 Å². The maximum absolute atomic E-state index is 12.0. The van der Waals surface area contributed by atoms with Crippen LogP contribution in [0.4, 0.5) is 0 Å². The highest BCUT2D eigenvalue weighted by Gasteiger charge is 2.14. The van der Waals surface area contributed by atoms with Crippen LogP contribution in [0, 0.1) is 5.41 Å². The molecule has 2 heterocycles. The second-order valence-corrected chi connectivity index (χ2v) is 7.31. The van der Waals surface area contributed by atoms with Gasteiger partial charge in [-0.25, -0.2) is 4.98 Å². The monoisotopic (exact) mass is 465 g/mol. The van der Waals surface area contributed by atoms with Gasteiger partial charge >= 0.3 is 5.97 Å². The molecule has 4 aromatic rings. The van der Waals surface area contributed by atoms with Crippen molar-refractivity contribution < 1.29 is 19.8 Å². The minimum Gasteiger partial charge on any atom is -0.505 e. The lowest BCUT2D eigenvalue weighted by Crippen LogP contribution is -2.25. The molecule has 10 nitrogen and oxygen atoms in total. The van der Waals surface area contributed by atoms with E-state index in [9.17, 15) is 14.4 Å². The van der Waals surface area contributed by atoms with E-state index in [0.717, 1.165) is 11.0 Å². The molecule has 10 heteroatoms. The average Bonchev–Trinajstić information content (AvgIpc) is 3.02. The fourth-order valence-corrected chi connectivity index (χ4v) is 3.39. The maximum atomic E-state index is 12.0. The molecule has 0 bridgehead atoms. The van der Waals surface area contributed by atoms with Crippen molar-refractivity contribution in [2.75, 3.05) is 0 Å². The smallest absolute Gasteiger partial charge is 0.323 e. The van der Waals surface area contributed by atoms with E-state index < -0.39 is 17.5 Å². The van der Waals surface area contributed by atoms with E-state index in [1.807, 2.05) is 30.3 Å². The second kappa shape index (κ2) is 10.4. The highest BCUT2D eigenvalue weighted by atomic mass is 16.4. The Bertz CT molecular complexity index is 1510. The van der Waals surface area contributed by atoms with Gasteiger partial charge in [-0.15, -0.1) is 0 Å². The molecular formula is C24H27N5O5. The molecule has 0 unspecified atom stereocenters. The zero-order valence-electron chi connectivity index (χ0n) is 18.1. The number of carbonyl (C=O) groups excluding carboxylic acids is 1. The molecule has 0 fully saturated rings. The molecule has 3 N–H and O–H groups in total. The summed E-state index contributed by atoms with van der Waals surface area (Å²) in [4.78, 5) is 38.2. The molecule has 0 atom stereocenters. The van der Waals surface area contributed by atoms with Gasteiger partial charge in [0.1, 0.15) is 12.2 Å². The van der Waals surface area contributed by atoms with Gasteiger partial charge in [0.25, 0.3) is 5.56 Å². The number of aryl methyl sites for hydroxylation is 2. The zero-order chi connectivity index (χ0) is 24.3. The SMILES string of the molecule is C.C=C(O)C(=O)Cc1nc2ccccc2n(C)c1=O.Cn1c(=N)n(CC(=O)O)c2ccccc21. The number of carboxylic acid groups (broad SMARTS) is 1. The number of fused-ring (bicyclic) bond motifs is 2. The third-order valence-electron chi connectivity index (χ3n) is 5.10. The molecule has 0 spiro atoms. The zero-order valence-corrected chi connectivity index (χ0v) is 18.1. The highest BCUT2D eigenvalue weighted by molar-refractivity contribution is 5.93. The number of hydrogen-bond acceptors (Lipinski definition) is 6. The van der Waals surface area contributed by atoms with Crippen molar-refractivity contribution in [1.29, 1.82) is 5.41 Å². The van der Waals surface area contributed by atoms with E-state index in [1.165, 1.54) is 9.13 Å². The van der Waals surface area contributed by atoms with Gasteiger partial charge in [-0.05, 0) is 24.3 Å². The molecule has 0 amide bonds. The summed E-state index contributed by atoms with van der Waals surface area (Å²) in [6.07, 6.45) is -0.243. The van der Waals surface area contributed by atoms with E-state index in [4.69, 9.17) is 15.6 Å². The summed E-state index contributed by atoms with van der Waals surface area (Å²) in [5.41, 5.74) is 2.92. The number of carboxylic acids is 1. The first-order valence-corrected chi connectivity index (χ1v) is 9.88. The van der Waals surface area contributed by atoms with Gasteiger partial charge in [-0.2, -0.15) is 0 Å². The molecule has 0 saturated heterocycles. The Morgan fingerprint density at radius 1 is 0.971 bits per heavy atom. The molecule has 0 radical (unpaired) electrons. The molecule has 0 aliphatic rings. The van der Waals surface area contributed by atoms with Crippen LogP contribution in [0.5, 0.6) is 0 Å². The number of aromatic nitrogens is 4. The quantitative estimate of drug-likeness (QED) is 0.305. The van der Waals surface area contributed by atoms with Gasteiger partial charge in [0.2, 0.25) is 11.4 Å². The third-order valence-corrected chi connectivity index (χ3v) is 5.10. The Balaban J connectivity index is 0.000000237. The predicted molar refractivity (Wildman–Crippen MR) is 129 cm³/mol. The standard InChI is InChI=1S/C13H12N2O3.C10H11N3O2.CH4/c1-8(16)12(17)7-10-13(18)15(2)11-6-4-3-5-9(11)14-10;1-12-7-4-2-3-5-8(7)13(10(12)11)6-9(14)15;/h3-6,16H,1,7H2,2H3;2-5,11H,6H2,1H3,(H,14,15);1H4. The molecular weight excluding hydrogens is 438 g/mol. The number of nitrogens with one attached hydrogen (secondary N) is 1. The van der Waals surface area contributed by atoms with Crippen molar-refractivity contribution in [3.8, 4) is 0 Å². The summed E-state index contributed by atoms with van der Waals surface area (Å²) in [7, 11) is 3.37. The topological polar surface area (TPSA) is 143 Å². The first kappa shape index (κ1) is 25.8. The van der Waals surface area contributed by atoms with Gasteiger partial charge in [-0.3, -0.25) is 24.4 Å². The van der Waals surface area contributed by atoms with Gasteiger partial charge < -0.3 is 19.3 Å². The molecule has 2 aromatic heterocycles. The number of nitrogens with zero attached hydrogens (tertiary/aromatic N) is 4. The van der Waals surface area contributed by atoms with E-state index in [0.29, 0.717) is 11.0 Å². The number of hydrogen-bond donors (Lipinski definition) is 3. The Labute approximate surface area is 195 Å². The van der Waals surface area contributed by atoms with Crippen molar-refractivity contribution in [3.05, 3.63) is 82.5 Å². The van der Waals surface area contributed by atoms with E-state index in [-0.39, 0.29) is 37.3 Å². The molecule has 0 aliphatic carbocycles. The molecule has 2 aromatic carbocycles. The Hall–Kier alpha value is -4.47. The summed E-state index contributed by atoms with van der Waals surface area (Å²) in [6, 6.07) is 14.5. The fourth-order valence-electron chi connectivity index (χ4n) is 3.39. The van der Waals surface area contributed by atoms with Gasteiger partial charge in [-0.1, -0.05) is 38.3 Å². The van der Waals surface area contributed by atoms with Crippen molar-refractivity contribution in [2.24, 2.45) is 14.1 Å². The molecule has 178 valence electrons. The van der Waals surface area contributed by atoms with Crippen LogP contribution in [-0.2, 0) is 36.6 Å². The number of Topliss-reactive ketones (excluding diaryl/α,β-unsaturated/α-hetero) is 1. The van der Waals surface area contributed by atoms with Crippen LogP contribution in [0.1, 0.15) is 13.1 Å². The molecule has 34 heavy (non-hydrogen) atoms. The van der Waals surface area contributed by atoms with Crippen LogP contribution in [0.2, 0.25) is 0 Å². The summed E-state index contributed by atoms with van der Waals surface area (Å²) < 4.78 is 4.57. The summed E-state index contributed by atoms with van der Waals surface area (Å²) in [5, 5.41) is 25.5. The minimum absolute atomic E-state index is 0. The number of benzene rings is 2. The lowest BCUT2D eigenvalue weighted by molar-refractivity contribution is -0.137. The number of carbonyl (C=O) groups is 2. The van der Waals surface area contributed by atoms with E-state index in [2.05, 4.69) is 11.6 Å². The molecule has 0 aliphatic heterocycles. The van der Waals surface area contributed by atoms with Crippen LogP contribution >= 0.6 is 0 Å². The first-order valence-electron chi connectivity index (χ1n) is 9.88. The predicted octanol–water partition coefficient (Wildman–Crippen LogP) is 2.30. The van der Waals surface area contributed by atoms with Crippen LogP contribution < -0.4 is 11.2 Å². The maximum Gasteiger partial charge on any atom is 0.323 e. The number of para-hydroxylation sites is 4. The van der Waals surface area contributed by atoms with Crippen molar-refractivity contribution in [3.63, 3.8) is 0 Å². The average molecular weight is 466 g/mol. The van der Waals surface area contributed by atoms with Crippen LogP contribution in [0.3, 0.4) is 0 Å². The van der Waals surface area contributed by atoms with Crippen molar-refractivity contribution in [1.82, 2.24) is 18.7 Å². The number of imidazole rings is 1. The first-order chi connectivity index (χ1) is 15.6. The highest BCUT2D eigenvalue weighted by Crippen LogP contribution is 2.11. The molecule has 4 rings (SSSR count). The third kappa shape index (κ3) is 5.12. The number of aliphatic carboxylic acids is 1. The van der Waals surface area contributed by atoms with E-state index >= 15 is 0 Å². The van der Waals surface area contributed by atoms with E-state index in [1.54, 1.807) is 36.9 Å². The lowest BCUT2D eigenvalue weighted by atomic mass is 10.2. The summed E-state index contributed by atoms with van der Waals surface area (Å²) >= 11 is 0. The lowest BCUT2D eigenvalue weighted by Gasteiger charge is -2.06.